The Morgan fingerprint density at radius 3 is 2.44 bits per heavy atom. The molecule has 3 aliphatic carbocycles. The van der Waals surface area contributed by atoms with Crippen LogP contribution in [0.25, 0.3) is 0 Å². The fourth-order valence-electron chi connectivity index (χ4n) is 5.76. The van der Waals surface area contributed by atoms with Crippen molar-refractivity contribution in [2.24, 2.45) is 28.1 Å². The lowest BCUT2D eigenvalue weighted by molar-refractivity contribution is -0.214. The fourth-order valence-corrected chi connectivity index (χ4v) is 5.76. The normalized spacial score (nSPS) is 52.2. The zero-order valence-corrected chi connectivity index (χ0v) is 15.2. The van der Waals surface area contributed by atoms with Gasteiger partial charge in [0.05, 0.1) is 16.4 Å². The number of Topliss-reactive ketones (excluding diaryl/α,β-unsaturated/α-hetero) is 1. The van der Waals surface area contributed by atoms with Gasteiger partial charge in [-0.3, -0.25) is 9.59 Å². The maximum atomic E-state index is 13.0. The molecule has 0 unspecified atom stereocenters. The van der Waals surface area contributed by atoms with Crippen molar-refractivity contribution in [3.63, 3.8) is 0 Å². The maximum absolute atomic E-state index is 13.0. The van der Waals surface area contributed by atoms with Gasteiger partial charge < -0.3 is 15.3 Å². The van der Waals surface area contributed by atoms with Crippen molar-refractivity contribution in [3.8, 4) is 0 Å². The van der Waals surface area contributed by atoms with E-state index in [2.05, 4.69) is 6.58 Å². The summed E-state index contributed by atoms with van der Waals surface area (Å²) in [7, 11) is 0. The number of allylic oxidation sites excluding steroid dienone is 2. The quantitative estimate of drug-likeness (QED) is 0.666. The first-order chi connectivity index (χ1) is 11.4. The summed E-state index contributed by atoms with van der Waals surface area (Å²) < 4.78 is 0. The smallest absolute Gasteiger partial charge is 0.309 e. The third-order valence-corrected chi connectivity index (χ3v) is 7.52. The zero-order valence-electron chi connectivity index (χ0n) is 15.2. The highest BCUT2D eigenvalue weighted by Gasteiger charge is 2.70. The molecule has 25 heavy (non-hydrogen) atoms. The molecule has 3 rings (SSSR count). The molecule has 7 atom stereocenters. The van der Waals surface area contributed by atoms with E-state index in [0.717, 1.165) is 0 Å². The van der Waals surface area contributed by atoms with E-state index in [-0.39, 0.29) is 17.8 Å². The highest BCUT2D eigenvalue weighted by atomic mass is 16.4. The van der Waals surface area contributed by atoms with Crippen LogP contribution in [0.1, 0.15) is 46.5 Å². The van der Waals surface area contributed by atoms with Crippen LogP contribution in [0, 0.1) is 28.1 Å². The number of aliphatic carboxylic acids is 1. The zero-order chi connectivity index (χ0) is 18.8. The van der Waals surface area contributed by atoms with Gasteiger partial charge in [-0.25, -0.2) is 0 Å². The predicted molar refractivity (Wildman–Crippen MR) is 92.7 cm³/mol. The van der Waals surface area contributed by atoms with Crippen molar-refractivity contribution < 1.29 is 24.9 Å². The van der Waals surface area contributed by atoms with Crippen molar-refractivity contribution in [1.82, 2.24) is 0 Å². The third-order valence-electron chi connectivity index (χ3n) is 7.52. The van der Waals surface area contributed by atoms with Crippen LogP contribution in [0.2, 0.25) is 0 Å². The van der Waals surface area contributed by atoms with Crippen LogP contribution in [-0.2, 0) is 9.59 Å². The highest BCUT2D eigenvalue weighted by Crippen LogP contribution is 2.64. The van der Waals surface area contributed by atoms with Gasteiger partial charge in [-0.1, -0.05) is 25.2 Å². The summed E-state index contributed by atoms with van der Waals surface area (Å²) in [4.78, 5) is 25.0. The first-order valence-corrected chi connectivity index (χ1v) is 8.97. The molecule has 0 aromatic heterocycles. The summed E-state index contributed by atoms with van der Waals surface area (Å²) in [6.45, 7) is 9.15. The van der Waals surface area contributed by atoms with Gasteiger partial charge in [0.25, 0.3) is 0 Å². The number of fused-ring (bicyclic) bond motifs is 3. The minimum atomic E-state index is -1.45. The van der Waals surface area contributed by atoms with E-state index in [9.17, 15) is 24.9 Å². The molecule has 2 fully saturated rings. The van der Waals surface area contributed by atoms with E-state index < -0.39 is 40.2 Å². The second-order valence-corrected chi connectivity index (χ2v) is 8.91. The molecule has 3 aliphatic rings. The van der Waals surface area contributed by atoms with Crippen molar-refractivity contribution >= 4 is 11.8 Å². The van der Waals surface area contributed by atoms with Crippen LogP contribution < -0.4 is 0 Å². The Labute approximate surface area is 148 Å². The monoisotopic (exact) mass is 348 g/mol. The van der Waals surface area contributed by atoms with Crippen LogP contribution in [0.5, 0.6) is 0 Å². The molecule has 2 saturated carbocycles. The number of hydrogen-bond donors (Lipinski definition) is 3. The Morgan fingerprint density at radius 2 is 1.88 bits per heavy atom. The molecule has 0 heterocycles. The minimum Gasteiger partial charge on any atom is -0.481 e. The Kier molecular flexibility index (Phi) is 3.87. The van der Waals surface area contributed by atoms with Crippen LogP contribution in [0.15, 0.2) is 24.8 Å². The SMILES string of the molecule is C=C[C@]1(C)C=C[C@@]2(O)[C@@H](CC[C@H]3[C@](C)(C(=O)O)C[C@H](O)C(=O)[C@@]32C)C1. The van der Waals surface area contributed by atoms with Crippen LogP contribution in [-0.4, -0.2) is 38.8 Å². The van der Waals surface area contributed by atoms with Crippen LogP contribution in [0.3, 0.4) is 0 Å². The topological polar surface area (TPSA) is 94.8 Å². The van der Waals surface area contributed by atoms with Gasteiger partial charge in [0.2, 0.25) is 0 Å². The molecular formula is C20H28O5. The Hall–Kier alpha value is -1.46. The van der Waals surface area contributed by atoms with E-state index in [0.29, 0.717) is 19.3 Å². The number of hydrogen-bond acceptors (Lipinski definition) is 4. The Bertz CT molecular complexity index is 669. The maximum Gasteiger partial charge on any atom is 0.309 e. The van der Waals surface area contributed by atoms with E-state index in [4.69, 9.17) is 0 Å². The Morgan fingerprint density at radius 1 is 1.24 bits per heavy atom. The molecule has 0 amide bonds. The van der Waals surface area contributed by atoms with Gasteiger partial charge in [-0.2, -0.15) is 0 Å². The van der Waals surface area contributed by atoms with Gasteiger partial charge >= 0.3 is 5.97 Å². The second kappa shape index (κ2) is 5.27. The summed E-state index contributed by atoms with van der Waals surface area (Å²) in [5.74, 6) is -2.15. The van der Waals surface area contributed by atoms with E-state index in [1.165, 1.54) is 0 Å². The number of ketones is 1. The molecular weight excluding hydrogens is 320 g/mol. The first-order valence-electron chi connectivity index (χ1n) is 8.97. The molecule has 0 bridgehead atoms. The largest absolute Gasteiger partial charge is 0.481 e. The number of carbonyl (C=O) groups excluding carboxylic acids is 1. The average molecular weight is 348 g/mol. The number of carbonyl (C=O) groups is 2. The lowest BCUT2D eigenvalue weighted by Crippen LogP contribution is -2.70. The molecule has 0 aromatic carbocycles. The van der Waals surface area contributed by atoms with Crippen LogP contribution >= 0.6 is 0 Å². The number of aliphatic hydroxyl groups is 2. The Balaban J connectivity index is 2.17. The highest BCUT2D eigenvalue weighted by molar-refractivity contribution is 5.94. The predicted octanol–water partition coefficient (Wildman–Crippen LogP) is 2.33. The summed E-state index contributed by atoms with van der Waals surface area (Å²) >= 11 is 0. The van der Waals surface area contributed by atoms with Gasteiger partial charge in [-0.15, -0.1) is 6.58 Å². The molecule has 138 valence electrons. The van der Waals surface area contributed by atoms with Crippen molar-refractivity contribution in [2.45, 2.75) is 58.2 Å². The van der Waals surface area contributed by atoms with E-state index in [1.807, 2.05) is 19.1 Å². The summed E-state index contributed by atoms with van der Waals surface area (Å²) in [5, 5.41) is 31.8. The van der Waals surface area contributed by atoms with Gasteiger partial charge in [-0.05, 0) is 51.4 Å². The number of rotatable bonds is 2. The molecule has 0 aromatic rings. The fraction of sp³-hybridized carbons (Fsp3) is 0.700. The standard InChI is InChI=1S/C20H28O5/c1-5-17(2)8-9-20(25)12(10-17)6-7-14-18(3,16(23)24)11-13(21)15(22)19(14,20)4/h5,8-9,12-14,21,25H,1,6-7,10-11H2,2-4H3,(H,23,24)/t12-,13-,14-,17+,18+,19+,20+/m0/s1. The van der Waals surface area contributed by atoms with E-state index in [1.54, 1.807) is 19.9 Å². The number of aliphatic hydroxyl groups excluding tert-OH is 1. The van der Waals surface area contributed by atoms with Crippen LogP contribution in [0.4, 0.5) is 0 Å². The molecule has 5 nitrogen and oxygen atoms in total. The number of carboxylic acid groups (broad SMARTS) is 1. The van der Waals surface area contributed by atoms with Crippen molar-refractivity contribution in [3.05, 3.63) is 24.8 Å². The summed E-state index contributed by atoms with van der Waals surface area (Å²) in [6.07, 6.45) is 5.77. The molecule has 0 spiro atoms. The van der Waals surface area contributed by atoms with Gasteiger partial charge in [0, 0.05) is 5.41 Å². The average Bonchev–Trinajstić information content (AvgIpc) is 2.55. The second-order valence-electron chi connectivity index (χ2n) is 8.91. The molecule has 5 heteroatoms. The molecule has 0 saturated heterocycles. The molecule has 0 aliphatic heterocycles. The van der Waals surface area contributed by atoms with Gasteiger partial charge in [0.15, 0.2) is 5.78 Å². The molecule has 3 N–H and O–H groups in total. The summed E-state index contributed by atoms with van der Waals surface area (Å²) in [5.41, 5.74) is -4.27. The minimum absolute atomic E-state index is 0.101. The third kappa shape index (κ3) is 2.15. The summed E-state index contributed by atoms with van der Waals surface area (Å²) in [6, 6.07) is 0. The van der Waals surface area contributed by atoms with Crippen molar-refractivity contribution in [1.29, 1.82) is 0 Å². The first kappa shape index (κ1) is 18.3. The van der Waals surface area contributed by atoms with Crippen molar-refractivity contribution in [2.75, 3.05) is 0 Å². The van der Waals surface area contributed by atoms with E-state index >= 15 is 0 Å². The molecule has 0 radical (unpaired) electrons. The van der Waals surface area contributed by atoms with Gasteiger partial charge in [0.1, 0.15) is 6.10 Å². The lowest BCUT2D eigenvalue weighted by Gasteiger charge is -2.63. The number of carboxylic acids is 1. The lowest BCUT2D eigenvalue weighted by atomic mass is 9.41.